The maximum atomic E-state index is 14.4. The summed E-state index contributed by atoms with van der Waals surface area (Å²) in [6.45, 7) is 1.51. The van der Waals surface area contributed by atoms with Crippen molar-refractivity contribution in [2.24, 2.45) is 17.6 Å². The van der Waals surface area contributed by atoms with Crippen molar-refractivity contribution in [3.8, 4) is 0 Å². The Morgan fingerprint density at radius 1 is 0.778 bits per heavy atom. The number of hydrogen-bond donors (Lipinski definition) is 4. The molecule has 3 aromatic rings. The molecule has 15 nitrogen and oxygen atoms in total. The van der Waals surface area contributed by atoms with E-state index in [1.54, 1.807) is 30.3 Å². The number of carbonyl (C=O) groups is 6. The Bertz CT molecular complexity index is 2270. The molecule has 5 N–H and O–H groups in total. The van der Waals surface area contributed by atoms with Crippen LogP contribution in [0.3, 0.4) is 0 Å². The van der Waals surface area contributed by atoms with E-state index in [0.717, 1.165) is 61.2 Å². The van der Waals surface area contributed by atoms with Gasteiger partial charge in [-0.3, -0.25) is 28.9 Å². The number of likely N-dealkylation sites (tertiary alicyclic amines) is 2. The third-order valence-electron chi connectivity index (χ3n) is 13.6. The number of halogens is 1. The molecule has 0 spiro atoms. The molecule has 2 aliphatic heterocycles. The fraction of sp³-hybridized carbons (Fsp3) is 0.522. The first-order valence-corrected chi connectivity index (χ1v) is 22.8. The first-order valence-electron chi connectivity index (χ1n) is 21.6. The molecular weight excluding hydrogens is 844 g/mol. The number of thiophene rings is 1. The lowest BCUT2D eigenvalue weighted by Crippen LogP contribution is -2.69. The van der Waals surface area contributed by atoms with Crippen LogP contribution in [0.5, 0.6) is 0 Å². The Kier molecular flexibility index (Phi) is 12.1. The van der Waals surface area contributed by atoms with Crippen molar-refractivity contribution in [3.63, 3.8) is 0 Å². The van der Waals surface area contributed by atoms with Gasteiger partial charge in [0.2, 0.25) is 11.8 Å². The van der Waals surface area contributed by atoms with Crippen LogP contribution in [0.2, 0.25) is 4.34 Å². The lowest BCUT2D eigenvalue weighted by Gasteiger charge is -2.46. The van der Waals surface area contributed by atoms with Crippen LogP contribution in [0.1, 0.15) is 86.5 Å². The van der Waals surface area contributed by atoms with Crippen molar-refractivity contribution in [1.29, 1.82) is 0 Å². The molecular formula is C46H57ClN8O7S. The number of benzene rings is 2. The number of amides is 6. The lowest BCUT2D eigenvalue weighted by molar-refractivity contribution is -0.140. The number of primary amides is 1. The van der Waals surface area contributed by atoms with Crippen molar-refractivity contribution >= 4 is 58.6 Å². The van der Waals surface area contributed by atoms with Gasteiger partial charge in [0.05, 0.1) is 34.3 Å². The number of carbonyl (C=O) groups excluding carboxylic acids is 6. The molecule has 5 unspecified atom stereocenters. The van der Waals surface area contributed by atoms with E-state index < -0.39 is 59.4 Å². The van der Waals surface area contributed by atoms with Crippen LogP contribution < -0.4 is 21.7 Å². The number of nitrogens with zero attached hydrogens (tertiary/aromatic N) is 4. The molecule has 17 heteroatoms. The summed E-state index contributed by atoms with van der Waals surface area (Å²) in [7, 11) is 9.36. The number of methoxy groups -OCH3 is 1. The van der Waals surface area contributed by atoms with Gasteiger partial charge in [-0.2, -0.15) is 0 Å². The predicted molar refractivity (Wildman–Crippen MR) is 238 cm³/mol. The molecule has 2 aromatic carbocycles. The third kappa shape index (κ3) is 8.91. The molecule has 5 aliphatic rings. The normalized spacial score (nSPS) is 25.5. The zero-order chi connectivity index (χ0) is 45.0. The van der Waals surface area contributed by atoms with E-state index in [4.69, 9.17) is 22.1 Å². The minimum absolute atomic E-state index is 0.0331. The minimum atomic E-state index is -1.85. The SMILES string of the molecule is COC(=O)N1CC(NC(=O)c2ccc(C3(CN(C)C)CC3)cc2)CC1(NC(=O)c1ccc(Cl)s1)C1C(NC(=O)c2ccc(C3(CN(C)C)CC3)cc2)CN(C(=O)C2CC2)C1C(N)=O. The van der Waals surface area contributed by atoms with E-state index in [-0.39, 0.29) is 47.0 Å². The summed E-state index contributed by atoms with van der Waals surface area (Å²) < 4.78 is 5.69. The summed E-state index contributed by atoms with van der Waals surface area (Å²) in [6.07, 6.45) is 4.50. The second-order valence-corrected chi connectivity index (χ2v) is 20.6. The largest absolute Gasteiger partial charge is 0.453 e. The van der Waals surface area contributed by atoms with Crippen molar-refractivity contribution in [3.05, 3.63) is 92.1 Å². The topological polar surface area (TPSA) is 187 Å². The molecule has 1 aromatic heterocycles. The van der Waals surface area contributed by atoms with Gasteiger partial charge in [0, 0.05) is 60.5 Å². The van der Waals surface area contributed by atoms with Gasteiger partial charge in [0.1, 0.15) is 11.7 Å². The van der Waals surface area contributed by atoms with Crippen molar-refractivity contribution in [2.75, 3.05) is 61.5 Å². The van der Waals surface area contributed by atoms with Crippen molar-refractivity contribution in [1.82, 2.24) is 35.6 Å². The van der Waals surface area contributed by atoms with Crippen LogP contribution in [-0.4, -0.2) is 140 Å². The van der Waals surface area contributed by atoms with Crippen molar-refractivity contribution < 1.29 is 33.5 Å². The number of likely N-dealkylation sites (N-methyl/N-ethyl adjacent to an activating group) is 2. The average molecular weight is 902 g/mol. The van der Waals surface area contributed by atoms with Crippen LogP contribution in [0, 0.1) is 11.8 Å². The maximum absolute atomic E-state index is 14.4. The fourth-order valence-electron chi connectivity index (χ4n) is 10.4. The number of hydrogen-bond acceptors (Lipinski definition) is 10. The Hall–Kier alpha value is -5.03. The molecule has 8 rings (SSSR count). The smallest absolute Gasteiger partial charge is 0.411 e. The minimum Gasteiger partial charge on any atom is -0.453 e. The van der Waals surface area contributed by atoms with Crippen LogP contribution in [0.15, 0.2) is 60.7 Å². The summed E-state index contributed by atoms with van der Waals surface area (Å²) in [4.78, 5) is 92.0. The zero-order valence-electron chi connectivity index (χ0n) is 36.4. The third-order valence-corrected chi connectivity index (χ3v) is 14.9. The summed E-state index contributed by atoms with van der Waals surface area (Å²) in [5.41, 5.74) is 7.54. The maximum Gasteiger partial charge on any atom is 0.411 e. The number of ether oxygens (including phenoxy) is 1. The molecule has 63 heavy (non-hydrogen) atoms. The van der Waals surface area contributed by atoms with Crippen molar-refractivity contribution in [2.45, 2.75) is 79.6 Å². The Morgan fingerprint density at radius 3 is 1.76 bits per heavy atom. The predicted octanol–water partition coefficient (Wildman–Crippen LogP) is 3.81. The highest BCUT2D eigenvalue weighted by atomic mass is 35.5. The molecule has 2 saturated heterocycles. The number of nitrogens with two attached hydrogens (primary N) is 1. The average Bonchev–Trinajstić information content (AvgIpc) is 4.21. The second kappa shape index (κ2) is 17.2. The van der Waals surface area contributed by atoms with E-state index in [1.165, 1.54) is 23.0 Å². The van der Waals surface area contributed by atoms with E-state index in [2.05, 4.69) is 25.8 Å². The molecule has 0 bridgehead atoms. The summed E-state index contributed by atoms with van der Waals surface area (Å²) in [6, 6.07) is 14.9. The van der Waals surface area contributed by atoms with Crippen LogP contribution in [0.4, 0.5) is 4.79 Å². The van der Waals surface area contributed by atoms with Crippen LogP contribution in [-0.2, 0) is 25.2 Å². The lowest BCUT2D eigenvalue weighted by atomic mass is 9.79. The van der Waals surface area contributed by atoms with E-state index in [9.17, 15) is 28.8 Å². The molecule has 336 valence electrons. The number of rotatable bonds is 15. The van der Waals surface area contributed by atoms with E-state index in [0.29, 0.717) is 28.3 Å². The van der Waals surface area contributed by atoms with E-state index in [1.807, 2.05) is 52.5 Å². The monoisotopic (exact) mass is 900 g/mol. The standard InChI is InChI=1S/C46H57ClN8O7S/c1-52(2)25-44(18-19-44)30-12-8-27(9-13-30)39(57)49-32-22-46(55(23-32)43(61)62-5,51-41(59)34-16-17-35(47)63-34)36-33(24-54(37(36)38(48)56)42(60)29-6-7-29)50-40(58)28-10-14-31(15-11-28)45(20-21-45)26-53(3)4/h8-17,29,32-33,36-37H,6-7,18-26H2,1-5H3,(H2,48,56)(H,49,57)(H,50,58)(H,51,59). The van der Waals surface area contributed by atoms with E-state index >= 15 is 0 Å². The number of nitrogens with one attached hydrogen (secondary N) is 3. The fourth-order valence-corrected chi connectivity index (χ4v) is 11.3. The molecule has 6 amide bonds. The molecule has 3 heterocycles. The van der Waals surface area contributed by atoms with Gasteiger partial charge in [-0.25, -0.2) is 4.79 Å². The molecule has 3 aliphatic carbocycles. The van der Waals surface area contributed by atoms with Gasteiger partial charge < -0.3 is 41.1 Å². The Labute approximate surface area is 377 Å². The van der Waals surface area contributed by atoms with Gasteiger partial charge >= 0.3 is 6.09 Å². The van der Waals surface area contributed by atoms with Gasteiger partial charge in [0.15, 0.2) is 0 Å². The molecule has 5 fully saturated rings. The molecule has 5 atom stereocenters. The van der Waals surface area contributed by atoms with Crippen LogP contribution in [0.25, 0.3) is 0 Å². The van der Waals surface area contributed by atoms with Crippen LogP contribution >= 0.6 is 22.9 Å². The zero-order valence-corrected chi connectivity index (χ0v) is 38.0. The summed E-state index contributed by atoms with van der Waals surface area (Å²) in [5.74, 6) is -4.23. The van der Waals surface area contributed by atoms with Gasteiger partial charge in [-0.15, -0.1) is 11.3 Å². The second-order valence-electron chi connectivity index (χ2n) is 18.8. The van der Waals surface area contributed by atoms with Gasteiger partial charge in [0.25, 0.3) is 17.7 Å². The Morgan fingerprint density at radius 2 is 1.32 bits per heavy atom. The summed E-state index contributed by atoms with van der Waals surface area (Å²) >= 11 is 7.30. The van der Waals surface area contributed by atoms with Gasteiger partial charge in [-0.1, -0.05) is 35.9 Å². The van der Waals surface area contributed by atoms with Gasteiger partial charge in [-0.05, 0) is 114 Å². The molecule has 3 saturated carbocycles. The highest BCUT2D eigenvalue weighted by Crippen LogP contribution is 2.50. The quantitative estimate of drug-likeness (QED) is 0.176. The highest BCUT2D eigenvalue weighted by Gasteiger charge is 2.65. The molecule has 0 radical (unpaired) electrons. The highest BCUT2D eigenvalue weighted by molar-refractivity contribution is 7.18. The first kappa shape index (κ1) is 44.6. The summed E-state index contributed by atoms with van der Waals surface area (Å²) in [5, 5.41) is 9.26. The first-order chi connectivity index (χ1) is 30.0. The Balaban J connectivity index is 1.15.